The molecule has 2 rings (SSSR count). The molecular formula is C44H74O9. The van der Waals surface area contributed by atoms with Gasteiger partial charge < -0.3 is 14.2 Å². The Labute approximate surface area is 321 Å². The maximum atomic E-state index is 13.0. The minimum atomic E-state index is -1.24. The smallest absolute Gasteiger partial charge is 0.382 e. The van der Waals surface area contributed by atoms with Crippen molar-refractivity contribution in [1.82, 2.24) is 0 Å². The predicted octanol–water partition coefficient (Wildman–Crippen LogP) is 10.8. The van der Waals surface area contributed by atoms with Crippen LogP contribution in [0.1, 0.15) is 219 Å². The van der Waals surface area contributed by atoms with Crippen molar-refractivity contribution < 1.29 is 43.0 Å². The van der Waals surface area contributed by atoms with Crippen molar-refractivity contribution >= 4 is 35.4 Å². The standard InChI is InChI=1S/C44H74O9/c1-3-5-7-9-11-13-15-17-19-21-23-25-27-29-31-36(45)42(48)52-41(47)35-33-34-38-40(51-38)39(35)44(50)53-43(49)37(46)32-30-28-26-24-22-20-18-16-14-12-10-8-6-4-2/h35,38-40H,3-34H2,1-2H3. The van der Waals surface area contributed by atoms with Crippen LogP contribution in [0, 0.1) is 11.8 Å². The lowest BCUT2D eigenvalue weighted by atomic mass is 9.79. The molecule has 1 saturated heterocycles. The van der Waals surface area contributed by atoms with E-state index in [2.05, 4.69) is 13.8 Å². The first-order valence-electron chi connectivity index (χ1n) is 22.0. The van der Waals surface area contributed by atoms with Gasteiger partial charge in [-0.1, -0.05) is 181 Å². The van der Waals surface area contributed by atoms with E-state index < -0.39 is 53.4 Å². The fraction of sp³-hybridized carbons (Fsp3) is 0.864. The lowest BCUT2D eigenvalue weighted by Crippen LogP contribution is -2.41. The third kappa shape index (κ3) is 21.3. The number of ether oxygens (including phenoxy) is 3. The SMILES string of the molecule is CCCCCCCCCCCCCCCCC(=O)C(=O)OC(=O)C1CCC2OC2C1C(=O)OC(=O)C(=O)CCCCCCCCCCCCCCCC. The van der Waals surface area contributed by atoms with Crippen molar-refractivity contribution in [2.24, 2.45) is 11.8 Å². The summed E-state index contributed by atoms with van der Waals surface area (Å²) in [5.41, 5.74) is 0. The number of ketones is 2. The van der Waals surface area contributed by atoms with E-state index >= 15 is 0 Å². The highest BCUT2D eigenvalue weighted by atomic mass is 16.6. The molecule has 1 saturated carbocycles. The molecule has 0 aromatic carbocycles. The van der Waals surface area contributed by atoms with Gasteiger partial charge in [-0.3, -0.25) is 19.2 Å². The highest BCUT2D eigenvalue weighted by molar-refractivity contribution is 6.35. The van der Waals surface area contributed by atoms with E-state index in [0.717, 1.165) is 38.5 Å². The molecule has 2 fully saturated rings. The number of esters is 4. The fourth-order valence-electron chi connectivity index (χ4n) is 7.62. The van der Waals surface area contributed by atoms with Gasteiger partial charge in [-0.2, -0.15) is 0 Å². The number of carbonyl (C=O) groups is 6. The molecule has 1 heterocycles. The zero-order valence-corrected chi connectivity index (χ0v) is 33.6. The molecule has 4 unspecified atom stereocenters. The van der Waals surface area contributed by atoms with Crippen LogP contribution in [-0.4, -0.2) is 47.7 Å². The zero-order valence-electron chi connectivity index (χ0n) is 33.6. The van der Waals surface area contributed by atoms with E-state index in [1.165, 1.54) is 128 Å². The summed E-state index contributed by atoms with van der Waals surface area (Å²) < 4.78 is 15.4. The zero-order chi connectivity index (χ0) is 38.5. The maximum Gasteiger partial charge on any atom is 0.382 e. The first-order chi connectivity index (χ1) is 25.8. The lowest BCUT2D eigenvalue weighted by Gasteiger charge is -2.24. The number of fused-ring (bicyclic) bond motifs is 1. The number of hydrogen-bond donors (Lipinski definition) is 0. The van der Waals surface area contributed by atoms with Crippen molar-refractivity contribution in [2.45, 2.75) is 232 Å². The second kappa shape index (κ2) is 29.9. The number of epoxide rings is 1. The number of rotatable bonds is 34. The van der Waals surface area contributed by atoms with Gasteiger partial charge in [0.15, 0.2) is 0 Å². The van der Waals surface area contributed by atoms with Crippen molar-refractivity contribution in [3.8, 4) is 0 Å². The van der Waals surface area contributed by atoms with Crippen LogP contribution >= 0.6 is 0 Å². The Morgan fingerprint density at radius 2 is 0.755 bits per heavy atom. The summed E-state index contributed by atoms with van der Waals surface area (Å²) in [6.07, 6.45) is 32.6. The summed E-state index contributed by atoms with van der Waals surface area (Å²) >= 11 is 0. The largest absolute Gasteiger partial charge is 0.387 e. The van der Waals surface area contributed by atoms with Crippen LogP contribution in [0.5, 0.6) is 0 Å². The summed E-state index contributed by atoms with van der Waals surface area (Å²) in [6.45, 7) is 4.48. The molecule has 2 aliphatic rings. The van der Waals surface area contributed by atoms with Gasteiger partial charge in [0.25, 0.3) is 0 Å². The monoisotopic (exact) mass is 747 g/mol. The van der Waals surface area contributed by atoms with E-state index in [9.17, 15) is 28.8 Å². The molecule has 53 heavy (non-hydrogen) atoms. The average molecular weight is 747 g/mol. The molecule has 9 heteroatoms. The summed E-state index contributed by atoms with van der Waals surface area (Å²) in [5.74, 6) is -8.30. The van der Waals surface area contributed by atoms with E-state index in [1.54, 1.807) is 0 Å². The number of unbranched alkanes of at least 4 members (excludes halogenated alkanes) is 26. The minimum Gasteiger partial charge on any atom is -0.387 e. The van der Waals surface area contributed by atoms with Gasteiger partial charge in [0.05, 0.1) is 24.0 Å². The average Bonchev–Trinajstić information content (AvgIpc) is 3.94. The quantitative estimate of drug-likeness (QED) is 0.0207. The topological polar surface area (TPSA) is 133 Å². The van der Waals surface area contributed by atoms with Gasteiger partial charge >= 0.3 is 23.9 Å². The second-order valence-electron chi connectivity index (χ2n) is 15.8. The Morgan fingerprint density at radius 3 is 1.11 bits per heavy atom. The molecule has 0 aromatic heterocycles. The Balaban J connectivity index is 1.56. The Morgan fingerprint density at radius 1 is 0.434 bits per heavy atom. The number of hydrogen-bond acceptors (Lipinski definition) is 9. The van der Waals surface area contributed by atoms with Gasteiger partial charge in [-0.05, 0) is 25.7 Å². The Kier molecular flexibility index (Phi) is 26.3. The van der Waals surface area contributed by atoms with Gasteiger partial charge in [0.2, 0.25) is 11.6 Å². The summed E-state index contributed by atoms with van der Waals surface area (Å²) in [7, 11) is 0. The maximum absolute atomic E-state index is 13.0. The van der Waals surface area contributed by atoms with E-state index in [-0.39, 0.29) is 25.4 Å². The van der Waals surface area contributed by atoms with Crippen LogP contribution in [0.15, 0.2) is 0 Å². The predicted molar refractivity (Wildman–Crippen MR) is 207 cm³/mol. The normalized spacial score (nSPS) is 19.0. The highest BCUT2D eigenvalue weighted by Gasteiger charge is 2.58. The van der Waals surface area contributed by atoms with Crippen LogP contribution in [0.3, 0.4) is 0 Å². The molecule has 4 atom stereocenters. The molecule has 0 N–H and O–H groups in total. The van der Waals surface area contributed by atoms with Crippen molar-refractivity contribution in [3.05, 3.63) is 0 Å². The Bertz CT molecular complexity index is 1070. The first kappa shape index (κ1) is 46.7. The molecule has 0 amide bonds. The lowest BCUT2D eigenvalue weighted by molar-refractivity contribution is -0.175. The molecule has 1 aliphatic heterocycles. The van der Waals surface area contributed by atoms with Gasteiger partial charge in [0, 0.05) is 12.8 Å². The van der Waals surface area contributed by atoms with Crippen molar-refractivity contribution in [3.63, 3.8) is 0 Å². The van der Waals surface area contributed by atoms with E-state index in [1.807, 2.05) is 0 Å². The van der Waals surface area contributed by atoms with Crippen molar-refractivity contribution in [2.75, 3.05) is 0 Å². The summed E-state index contributed by atoms with van der Waals surface area (Å²) in [5, 5.41) is 0. The highest BCUT2D eigenvalue weighted by Crippen LogP contribution is 2.45. The molecule has 0 aromatic rings. The molecule has 304 valence electrons. The van der Waals surface area contributed by atoms with Crippen LogP contribution in [-0.2, 0) is 43.0 Å². The van der Waals surface area contributed by atoms with Crippen LogP contribution in [0.25, 0.3) is 0 Å². The van der Waals surface area contributed by atoms with Gasteiger partial charge in [-0.15, -0.1) is 0 Å². The first-order valence-corrected chi connectivity index (χ1v) is 22.0. The third-order valence-electron chi connectivity index (χ3n) is 11.1. The minimum absolute atomic E-state index is 0.00123. The Hall–Kier alpha value is -2.42. The summed E-state index contributed by atoms with van der Waals surface area (Å²) in [4.78, 5) is 75.7. The molecule has 1 aliphatic carbocycles. The van der Waals surface area contributed by atoms with Crippen molar-refractivity contribution in [1.29, 1.82) is 0 Å². The van der Waals surface area contributed by atoms with Gasteiger partial charge in [0.1, 0.15) is 0 Å². The van der Waals surface area contributed by atoms with E-state index in [0.29, 0.717) is 19.3 Å². The third-order valence-corrected chi connectivity index (χ3v) is 11.1. The summed E-state index contributed by atoms with van der Waals surface area (Å²) in [6, 6.07) is 0. The molecule has 0 bridgehead atoms. The second-order valence-corrected chi connectivity index (χ2v) is 15.8. The molecule has 0 spiro atoms. The fourth-order valence-corrected chi connectivity index (χ4v) is 7.62. The van der Waals surface area contributed by atoms with Gasteiger partial charge in [-0.25, -0.2) is 9.59 Å². The number of Topliss-reactive ketones (excluding diaryl/α,β-unsaturated/α-hetero) is 2. The van der Waals surface area contributed by atoms with Crippen LogP contribution in [0.2, 0.25) is 0 Å². The molecule has 0 radical (unpaired) electrons. The molecule has 9 nitrogen and oxygen atoms in total. The van der Waals surface area contributed by atoms with E-state index in [4.69, 9.17) is 14.2 Å². The van der Waals surface area contributed by atoms with Crippen LogP contribution < -0.4 is 0 Å². The number of carbonyl (C=O) groups excluding carboxylic acids is 6. The van der Waals surface area contributed by atoms with Crippen LogP contribution in [0.4, 0.5) is 0 Å². The molecular weight excluding hydrogens is 672 g/mol.